The second-order valence-corrected chi connectivity index (χ2v) is 5.82. The minimum atomic E-state index is -0.359. The van der Waals surface area contributed by atoms with Crippen molar-refractivity contribution in [1.29, 1.82) is 0 Å². The first-order valence-electron chi connectivity index (χ1n) is 7.86. The molecule has 0 unspecified atom stereocenters. The Kier molecular flexibility index (Phi) is 4.47. The van der Waals surface area contributed by atoms with Gasteiger partial charge >= 0.3 is 5.97 Å². The summed E-state index contributed by atoms with van der Waals surface area (Å²) in [5, 5.41) is 0. The molecular weight excluding hydrogens is 302 g/mol. The van der Waals surface area contributed by atoms with E-state index in [1.165, 1.54) is 7.11 Å². The van der Waals surface area contributed by atoms with E-state index in [1.807, 2.05) is 43.3 Å². The van der Waals surface area contributed by atoms with Crippen LogP contribution < -0.4 is 4.90 Å². The van der Waals surface area contributed by atoms with Crippen LogP contribution in [0, 0.1) is 6.92 Å². The number of anilines is 1. The van der Waals surface area contributed by atoms with E-state index in [0.717, 1.165) is 28.8 Å². The number of aryl methyl sites for hydroxylation is 1. The second-order valence-electron chi connectivity index (χ2n) is 5.82. The molecule has 0 atom stereocenters. The first-order valence-corrected chi connectivity index (χ1v) is 7.86. The third kappa shape index (κ3) is 3.23. The molecule has 0 aromatic heterocycles. The van der Waals surface area contributed by atoms with Gasteiger partial charge in [0, 0.05) is 18.3 Å². The lowest BCUT2D eigenvalue weighted by molar-refractivity contribution is -0.114. The van der Waals surface area contributed by atoms with Crippen LogP contribution in [0.2, 0.25) is 0 Å². The van der Waals surface area contributed by atoms with E-state index in [-0.39, 0.29) is 11.9 Å². The van der Waals surface area contributed by atoms with Gasteiger partial charge in [0.2, 0.25) is 0 Å². The van der Waals surface area contributed by atoms with Crippen LogP contribution in [0.4, 0.5) is 5.69 Å². The summed E-state index contributed by atoms with van der Waals surface area (Å²) in [5.74, 6) is -0.414. The van der Waals surface area contributed by atoms with Crippen molar-refractivity contribution in [3.05, 3.63) is 70.8 Å². The Balaban J connectivity index is 1.78. The molecule has 24 heavy (non-hydrogen) atoms. The summed E-state index contributed by atoms with van der Waals surface area (Å²) in [5.41, 5.74) is 4.54. The summed E-state index contributed by atoms with van der Waals surface area (Å²) in [7, 11) is 1.36. The maximum atomic E-state index is 12.5. The van der Waals surface area contributed by atoms with Crippen LogP contribution in [0.15, 0.2) is 48.5 Å². The average molecular weight is 321 g/mol. The van der Waals surface area contributed by atoms with Gasteiger partial charge < -0.3 is 9.64 Å². The predicted octanol–water partition coefficient (Wildman–Crippen LogP) is 3.38. The van der Waals surface area contributed by atoms with Crippen molar-refractivity contribution >= 4 is 23.6 Å². The standard InChI is InChI=1S/C20H19NO3/c1-14-4-3-5-15(12-14)6-9-19(22)21-11-10-16-13-17(20(23)24-2)7-8-18(16)21/h3-9,12-13H,10-11H2,1-2H3. The number of benzene rings is 2. The lowest BCUT2D eigenvalue weighted by Gasteiger charge is -2.15. The van der Waals surface area contributed by atoms with Gasteiger partial charge in [0.1, 0.15) is 0 Å². The molecule has 0 bridgehead atoms. The highest BCUT2D eigenvalue weighted by atomic mass is 16.5. The monoisotopic (exact) mass is 321 g/mol. The first kappa shape index (κ1) is 16.0. The SMILES string of the molecule is COC(=O)c1ccc2c(c1)CCN2C(=O)C=Cc1cccc(C)c1. The molecule has 0 saturated heterocycles. The van der Waals surface area contributed by atoms with Crippen molar-refractivity contribution in [1.82, 2.24) is 0 Å². The highest BCUT2D eigenvalue weighted by Crippen LogP contribution is 2.29. The number of ether oxygens (including phenoxy) is 1. The molecule has 1 amide bonds. The van der Waals surface area contributed by atoms with Crippen molar-refractivity contribution < 1.29 is 14.3 Å². The predicted molar refractivity (Wildman–Crippen MR) is 94.1 cm³/mol. The fourth-order valence-corrected chi connectivity index (χ4v) is 2.91. The normalized spacial score (nSPS) is 13.2. The van der Waals surface area contributed by atoms with E-state index in [1.54, 1.807) is 23.1 Å². The van der Waals surface area contributed by atoms with Crippen molar-refractivity contribution in [2.75, 3.05) is 18.6 Å². The number of hydrogen-bond acceptors (Lipinski definition) is 3. The molecule has 0 spiro atoms. The van der Waals surface area contributed by atoms with E-state index in [2.05, 4.69) is 0 Å². The summed E-state index contributed by atoms with van der Waals surface area (Å²) in [6, 6.07) is 13.3. The van der Waals surface area contributed by atoms with Crippen LogP contribution in [0.3, 0.4) is 0 Å². The number of rotatable bonds is 3. The van der Waals surface area contributed by atoms with Gasteiger partial charge in [0.05, 0.1) is 12.7 Å². The average Bonchev–Trinajstić information content (AvgIpc) is 3.02. The van der Waals surface area contributed by atoms with Crippen molar-refractivity contribution in [3.63, 3.8) is 0 Å². The van der Waals surface area contributed by atoms with Gasteiger partial charge in [-0.05, 0) is 48.7 Å². The molecule has 0 radical (unpaired) electrons. The van der Waals surface area contributed by atoms with E-state index < -0.39 is 0 Å². The summed E-state index contributed by atoms with van der Waals surface area (Å²) >= 11 is 0. The van der Waals surface area contributed by atoms with E-state index in [4.69, 9.17) is 4.74 Å². The number of esters is 1. The van der Waals surface area contributed by atoms with Crippen molar-refractivity contribution in [2.24, 2.45) is 0 Å². The summed E-state index contributed by atoms with van der Waals surface area (Å²) in [6.07, 6.45) is 4.17. The van der Waals surface area contributed by atoms with E-state index in [9.17, 15) is 9.59 Å². The van der Waals surface area contributed by atoms with Crippen LogP contribution in [0.1, 0.15) is 27.0 Å². The fraction of sp³-hybridized carbons (Fsp3) is 0.200. The molecule has 0 aliphatic carbocycles. The maximum absolute atomic E-state index is 12.5. The third-order valence-corrected chi connectivity index (χ3v) is 4.12. The smallest absolute Gasteiger partial charge is 0.337 e. The molecule has 0 N–H and O–H groups in total. The lowest BCUT2D eigenvalue weighted by Crippen LogP contribution is -2.26. The number of carbonyl (C=O) groups excluding carboxylic acids is 2. The van der Waals surface area contributed by atoms with Gasteiger partial charge in [-0.1, -0.05) is 29.8 Å². The van der Waals surface area contributed by atoms with Crippen molar-refractivity contribution in [3.8, 4) is 0 Å². The van der Waals surface area contributed by atoms with Crippen molar-refractivity contribution in [2.45, 2.75) is 13.3 Å². The number of nitrogens with zero attached hydrogens (tertiary/aromatic N) is 1. The van der Waals surface area contributed by atoms with Gasteiger partial charge in [-0.2, -0.15) is 0 Å². The summed E-state index contributed by atoms with van der Waals surface area (Å²) in [4.78, 5) is 25.8. The molecule has 4 nitrogen and oxygen atoms in total. The number of carbonyl (C=O) groups is 2. The van der Waals surface area contributed by atoms with Crippen LogP contribution in [-0.4, -0.2) is 25.5 Å². The molecule has 0 fully saturated rings. The van der Waals surface area contributed by atoms with Gasteiger partial charge in [0.15, 0.2) is 0 Å². The van der Waals surface area contributed by atoms with Gasteiger partial charge in [-0.25, -0.2) is 4.79 Å². The highest BCUT2D eigenvalue weighted by Gasteiger charge is 2.24. The minimum Gasteiger partial charge on any atom is -0.465 e. The molecular formula is C20H19NO3. The van der Waals surface area contributed by atoms with E-state index >= 15 is 0 Å². The Morgan fingerprint density at radius 3 is 2.75 bits per heavy atom. The van der Waals surface area contributed by atoms with Crippen LogP contribution >= 0.6 is 0 Å². The Bertz CT molecular complexity index is 823. The second kappa shape index (κ2) is 6.71. The third-order valence-electron chi connectivity index (χ3n) is 4.12. The van der Waals surface area contributed by atoms with Crippen LogP contribution in [-0.2, 0) is 16.0 Å². The van der Waals surface area contributed by atoms with Crippen LogP contribution in [0.25, 0.3) is 6.08 Å². The maximum Gasteiger partial charge on any atom is 0.337 e. The quantitative estimate of drug-likeness (QED) is 0.643. The number of fused-ring (bicyclic) bond motifs is 1. The Hall–Kier alpha value is -2.88. The molecule has 2 aromatic rings. The molecule has 3 rings (SSSR count). The zero-order valence-electron chi connectivity index (χ0n) is 13.8. The number of methoxy groups -OCH3 is 1. The fourth-order valence-electron chi connectivity index (χ4n) is 2.91. The first-order chi connectivity index (χ1) is 11.6. The Morgan fingerprint density at radius 1 is 1.17 bits per heavy atom. The molecule has 1 aliphatic heterocycles. The van der Waals surface area contributed by atoms with Gasteiger partial charge in [-0.3, -0.25) is 4.79 Å². The zero-order valence-corrected chi connectivity index (χ0v) is 13.8. The van der Waals surface area contributed by atoms with E-state index in [0.29, 0.717) is 12.1 Å². The molecule has 1 aliphatic rings. The molecule has 2 aromatic carbocycles. The largest absolute Gasteiger partial charge is 0.465 e. The molecule has 122 valence electrons. The minimum absolute atomic E-state index is 0.0546. The lowest BCUT2D eigenvalue weighted by atomic mass is 10.1. The molecule has 4 heteroatoms. The number of hydrogen-bond donors (Lipinski definition) is 0. The zero-order chi connectivity index (χ0) is 17.1. The summed E-state index contributed by atoms with van der Waals surface area (Å²) in [6.45, 7) is 2.64. The van der Waals surface area contributed by atoms with Crippen LogP contribution in [0.5, 0.6) is 0 Å². The Morgan fingerprint density at radius 2 is 2.00 bits per heavy atom. The topological polar surface area (TPSA) is 46.6 Å². The number of amides is 1. The summed E-state index contributed by atoms with van der Waals surface area (Å²) < 4.78 is 4.74. The molecule has 1 heterocycles. The highest BCUT2D eigenvalue weighted by molar-refractivity contribution is 6.05. The van der Waals surface area contributed by atoms with Gasteiger partial charge in [0.25, 0.3) is 5.91 Å². The van der Waals surface area contributed by atoms with Gasteiger partial charge in [-0.15, -0.1) is 0 Å². The molecule has 0 saturated carbocycles. The Labute approximate surface area is 141 Å².